The Morgan fingerprint density at radius 1 is 1.67 bits per heavy atom. The summed E-state index contributed by atoms with van der Waals surface area (Å²) in [7, 11) is 0. The molecule has 0 saturated carbocycles. The Morgan fingerprint density at radius 3 is 2.67 bits per heavy atom. The number of amides is 1. The molecule has 3 N–H and O–H groups in total. The number of carboxylic acid groups (broad SMARTS) is 1. The zero-order valence-corrected chi connectivity index (χ0v) is 8.60. The van der Waals surface area contributed by atoms with Gasteiger partial charge in [-0.3, -0.25) is 9.48 Å². The zero-order valence-electron chi connectivity index (χ0n) is 8.60. The van der Waals surface area contributed by atoms with E-state index < -0.39 is 11.9 Å². The first-order valence-electron chi connectivity index (χ1n) is 4.48. The summed E-state index contributed by atoms with van der Waals surface area (Å²) in [6, 6.07) is 0. The molecule has 0 aliphatic heterocycles. The van der Waals surface area contributed by atoms with Crippen molar-refractivity contribution >= 4 is 11.9 Å². The van der Waals surface area contributed by atoms with Crippen LogP contribution in [0.1, 0.15) is 23.0 Å². The number of carbonyl (C=O) groups is 2. The van der Waals surface area contributed by atoms with Crippen molar-refractivity contribution in [2.75, 3.05) is 0 Å². The van der Waals surface area contributed by atoms with Crippen molar-refractivity contribution in [3.63, 3.8) is 0 Å². The van der Waals surface area contributed by atoms with Crippen molar-refractivity contribution in [2.24, 2.45) is 11.7 Å². The lowest BCUT2D eigenvalue weighted by molar-refractivity contribution is -0.121. The number of aromatic nitrogens is 2. The lowest BCUT2D eigenvalue weighted by atomic mass is 10.2. The lowest BCUT2D eigenvalue weighted by Crippen LogP contribution is -2.24. The van der Waals surface area contributed by atoms with Crippen molar-refractivity contribution in [3.8, 4) is 0 Å². The highest BCUT2D eigenvalue weighted by Crippen LogP contribution is 2.07. The van der Waals surface area contributed by atoms with Crippen LogP contribution in [0, 0.1) is 12.8 Å². The fourth-order valence-electron chi connectivity index (χ4n) is 1.19. The SMILES string of the molecule is Cc1nn(CC(C)C(N)=O)cc1C(=O)O. The Kier molecular flexibility index (Phi) is 3.08. The van der Waals surface area contributed by atoms with E-state index in [2.05, 4.69) is 5.10 Å². The standard InChI is InChI=1S/C9H13N3O3/c1-5(8(10)13)3-12-4-7(9(14)15)6(2)11-12/h4-5H,3H2,1-2H3,(H2,10,13)(H,14,15). The van der Waals surface area contributed by atoms with Gasteiger partial charge in [0.25, 0.3) is 0 Å². The monoisotopic (exact) mass is 211 g/mol. The molecule has 0 saturated heterocycles. The maximum atomic E-state index is 10.8. The topological polar surface area (TPSA) is 98.2 Å². The zero-order chi connectivity index (χ0) is 11.6. The highest BCUT2D eigenvalue weighted by Gasteiger charge is 2.15. The average molecular weight is 211 g/mol. The Morgan fingerprint density at radius 2 is 2.27 bits per heavy atom. The van der Waals surface area contributed by atoms with Crippen LogP contribution in [0.5, 0.6) is 0 Å². The maximum Gasteiger partial charge on any atom is 0.339 e. The number of rotatable bonds is 4. The summed E-state index contributed by atoms with van der Waals surface area (Å²) in [4.78, 5) is 21.5. The fourth-order valence-corrected chi connectivity index (χ4v) is 1.19. The number of nitrogens with zero attached hydrogens (tertiary/aromatic N) is 2. The number of nitrogens with two attached hydrogens (primary N) is 1. The summed E-state index contributed by atoms with van der Waals surface area (Å²) in [6.07, 6.45) is 1.40. The molecule has 1 amide bonds. The van der Waals surface area contributed by atoms with Gasteiger partial charge in [0.05, 0.1) is 18.2 Å². The Bertz CT molecular complexity index is 397. The number of hydrogen-bond donors (Lipinski definition) is 2. The first-order valence-corrected chi connectivity index (χ1v) is 4.48. The molecule has 1 aromatic rings. The number of primary amides is 1. The third-order valence-corrected chi connectivity index (χ3v) is 2.12. The largest absolute Gasteiger partial charge is 0.478 e. The van der Waals surface area contributed by atoms with E-state index in [-0.39, 0.29) is 11.5 Å². The maximum absolute atomic E-state index is 10.8. The molecule has 0 aromatic carbocycles. The first kappa shape index (κ1) is 11.2. The van der Waals surface area contributed by atoms with Crippen LogP contribution >= 0.6 is 0 Å². The van der Waals surface area contributed by atoms with Crippen molar-refractivity contribution in [3.05, 3.63) is 17.5 Å². The van der Waals surface area contributed by atoms with Gasteiger partial charge in [0.1, 0.15) is 5.56 Å². The molecule has 0 aliphatic carbocycles. The van der Waals surface area contributed by atoms with Crippen LogP contribution in [-0.2, 0) is 11.3 Å². The minimum Gasteiger partial charge on any atom is -0.478 e. The predicted molar refractivity (Wildman–Crippen MR) is 52.3 cm³/mol. The smallest absolute Gasteiger partial charge is 0.339 e. The molecule has 1 atom stereocenters. The van der Waals surface area contributed by atoms with E-state index in [0.717, 1.165) is 0 Å². The molecule has 0 spiro atoms. The second kappa shape index (κ2) is 4.12. The van der Waals surface area contributed by atoms with Crippen LogP contribution in [0.15, 0.2) is 6.20 Å². The van der Waals surface area contributed by atoms with Crippen molar-refractivity contribution < 1.29 is 14.7 Å². The van der Waals surface area contributed by atoms with Gasteiger partial charge in [0, 0.05) is 6.20 Å². The second-order valence-corrected chi connectivity index (χ2v) is 3.46. The molecule has 6 heteroatoms. The quantitative estimate of drug-likeness (QED) is 0.732. The highest BCUT2D eigenvalue weighted by atomic mass is 16.4. The molecule has 0 fully saturated rings. The molecule has 6 nitrogen and oxygen atoms in total. The van der Waals surface area contributed by atoms with Gasteiger partial charge in [0.15, 0.2) is 0 Å². The van der Waals surface area contributed by atoms with Crippen molar-refractivity contribution in [2.45, 2.75) is 20.4 Å². The summed E-state index contributed by atoms with van der Waals surface area (Å²) < 4.78 is 1.42. The van der Waals surface area contributed by atoms with Gasteiger partial charge in [-0.25, -0.2) is 4.79 Å². The Hall–Kier alpha value is -1.85. The highest BCUT2D eigenvalue weighted by molar-refractivity contribution is 5.88. The molecule has 1 heterocycles. The van der Waals surface area contributed by atoms with E-state index in [9.17, 15) is 9.59 Å². The van der Waals surface area contributed by atoms with Gasteiger partial charge in [-0.2, -0.15) is 5.10 Å². The summed E-state index contributed by atoms with van der Waals surface area (Å²) in [6.45, 7) is 3.57. The van der Waals surface area contributed by atoms with E-state index >= 15 is 0 Å². The fraction of sp³-hybridized carbons (Fsp3) is 0.444. The van der Waals surface area contributed by atoms with Crippen LogP contribution in [-0.4, -0.2) is 26.8 Å². The molecule has 1 rings (SSSR count). The minimum atomic E-state index is -1.02. The number of carbonyl (C=O) groups excluding carboxylic acids is 1. The molecule has 0 aliphatic rings. The van der Waals surface area contributed by atoms with Gasteiger partial charge in [-0.05, 0) is 6.92 Å². The minimum absolute atomic E-state index is 0.145. The molecule has 82 valence electrons. The van der Waals surface area contributed by atoms with Crippen LogP contribution in [0.2, 0.25) is 0 Å². The van der Waals surface area contributed by atoms with Crippen molar-refractivity contribution in [1.82, 2.24) is 9.78 Å². The number of aromatic carboxylic acids is 1. The average Bonchev–Trinajstić information content (AvgIpc) is 2.46. The Labute approximate surface area is 86.7 Å². The van der Waals surface area contributed by atoms with Crippen LogP contribution in [0.3, 0.4) is 0 Å². The third-order valence-electron chi connectivity index (χ3n) is 2.12. The van der Waals surface area contributed by atoms with E-state index in [1.807, 2.05) is 0 Å². The van der Waals surface area contributed by atoms with E-state index in [4.69, 9.17) is 10.8 Å². The molecule has 0 bridgehead atoms. The number of carboxylic acids is 1. The van der Waals surface area contributed by atoms with E-state index in [1.54, 1.807) is 13.8 Å². The second-order valence-electron chi connectivity index (χ2n) is 3.46. The first-order chi connectivity index (χ1) is 6.91. The van der Waals surface area contributed by atoms with Crippen LogP contribution < -0.4 is 5.73 Å². The van der Waals surface area contributed by atoms with E-state index in [0.29, 0.717) is 12.2 Å². The van der Waals surface area contributed by atoms with Crippen LogP contribution in [0.4, 0.5) is 0 Å². The Balaban J connectivity index is 2.84. The van der Waals surface area contributed by atoms with E-state index in [1.165, 1.54) is 10.9 Å². The van der Waals surface area contributed by atoms with Gasteiger partial charge < -0.3 is 10.8 Å². The van der Waals surface area contributed by atoms with Gasteiger partial charge in [-0.15, -0.1) is 0 Å². The number of aryl methyl sites for hydroxylation is 1. The summed E-state index contributed by atoms with van der Waals surface area (Å²) in [5.41, 5.74) is 5.67. The molecule has 0 radical (unpaired) electrons. The third kappa shape index (κ3) is 2.55. The van der Waals surface area contributed by atoms with Gasteiger partial charge in [-0.1, -0.05) is 6.92 Å². The van der Waals surface area contributed by atoms with Crippen LogP contribution in [0.25, 0.3) is 0 Å². The molecule has 1 unspecified atom stereocenters. The van der Waals surface area contributed by atoms with Crippen molar-refractivity contribution in [1.29, 1.82) is 0 Å². The lowest BCUT2D eigenvalue weighted by Gasteiger charge is -2.06. The van der Waals surface area contributed by atoms with Gasteiger partial charge in [0.2, 0.25) is 5.91 Å². The number of hydrogen-bond acceptors (Lipinski definition) is 3. The molecule has 15 heavy (non-hydrogen) atoms. The summed E-state index contributed by atoms with van der Waals surface area (Å²) in [5, 5.41) is 12.8. The molecule has 1 aromatic heterocycles. The summed E-state index contributed by atoms with van der Waals surface area (Å²) in [5.74, 6) is -1.82. The molecular weight excluding hydrogens is 198 g/mol. The van der Waals surface area contributed by atoms with Gasteiger partial charge >= 0.3 is 5.97 Å². The predicted octanol–water partition coefficient (Wildman–Crippen LogP) is 0.0111. The normalized spacial score (nSPS) is 12.4. The summed E-state index contributed by atoms with van der Waals surface area (Å²) >= 11 is 0. The molecular formula is C9H13N3O3.